The summed E-state index contributed by atoms with van der Waals surface area (Å²) in [5.41, 5.74) is 4.78. The number of rotatable bonds is 5. The van der Waals surface area contributed by atoms with E-state index in [0.717, 1.165) is 40.3 Å². The molecule has 4 rings (SSSR count). The van der Waals surface area contributed by atoms with Crippen LogP contribution in [0, 0.1) is 19.7 Å². The minimum absolute atomic E-state index is 0.0782. The number of nitrogens with zero attached hydrogens (tertiary/aromatic N) is 4. The Balaban J connectivity index is 1.47. The maximum atomic E-state index is 13.7. The first-order valence-electron chi connectivity index (χ1n) is 11.4. The van der Waals surface area contributed by atoms with Crippen molar-refractivity contribution in [1.29, 1.82) is 0 Å². The van der Waals surface area contributed by atoms with Crippen LogP contribution < -0.4 is 10.2 Å². The molecule has 0 aliphatic carbocycles. The van der Waals surface area contributed by atoms with Gasteiger partial charge in [0.15, 0.2) is 0 Å². The maximum absolute atomic E-state index is 13.7. The number of hydrogen-bond donors (Lipinski definition) is 1. The second-order valence-corrected chi connectivity index (χ2v) is 8.38. The zero-order valence-electron chi connectivity index (χ0n) is 19.4. The van der Waals surface area contributed by atoms with E-state index < -0.39 is 0 Å². The quantitative estimate of drug-likeness (QED) is 0.614. The van der Waals surface area contributed by atoms with Crippen LogP contribution in [0.15, 0.2) is 48.5 Å². The topological polar surface area (TPSA) is 61.4 Å². The number of carbonyl (C=O) groups excluding carboxylic acids is 1. The number of halogens is 1. The number of anilines is 2. The number of aryl methyl sites for hydroxylation is 3. The van der Waals surface area contributed by atoms with Crippen molar-refractivity contribution in [2.75, 3.05) is 36.4 Å². The lowest BCUT2D eigenvalue weighted by Crippen LogP contribution is -2.50. The molecule has 0 saturated carbocycles. The standard InChI is InChI=1S/C26H30FN5O/c1-4-21-9-5-6-11-24(21)30-26(33)32-14-12-31(13-15-32)25-23(18(2)28-19(3)29-25)17-20-8-7-10-22(27)16-20/h5-11,16H,4,12-15,17H2,1-3H3,(H,30,33). The average Bonchev–Trinajstić information content (AvgIpc) is 2.81. The van der Waals surface area contributed by atoms with Gasteiger partial charge in [-0.3, -0.25) is 0 Å². The Labute approximate surface area is 194 Å². The van der Waals surface area contributed by atoms with Crippen molar-refractivity contribution in [3.63, 3.8) is 0 Å². The van der Waals surface area contributed by atoms with Crippen LogP contribution in [0.2, 0.25) is 0 Å². The third-order valence-corrected chi connectivity index (χ3v) is 6.08. The molecule has 0 atom stereocenters. The summed E-state index contributed by atoms with van der Waals surface area (Å²) < 4.78 is 13.7. The first-order chi connectivity index (χ1) is 15.9. The van der Waals surface area contributed by atoms with E-state index in [0.29, 0.717) is 38.4 Å². The normalized spacial score (nSPS) is 13.8. The van der Waals surface area contributed by atoms with E-state index >= 15 is 0 Å². The Kier molecular flexibility index (Phi) is 6.87. The number of piperazine rings is 1. The van der Waals surface area contributed by atoms with Crippen molar-refractivity contribution in [3.05, 3.63) is 82.6 Å². The second-order valence-electron chi connectivity index (χ2n) is 8.38. The fourth-order valence-corrected chi connectivity index (χ4v) is 4.30. The van der Waals surface area contributed by atoms with Crippen LogP contribution in [0.3, 0.4) is 0 Å². The van der Waals surface area contributed by atoms with Gasteiger partial charge in [-0.05, 0) is 49.6 Å². The molecule has 0 spiro atoms. The van der Waals surface area contributed by atoms with E-state index in [-0.39, 0.29) is 11.8 Å². The summed E-state index contributed by atoms with van der Waals surface area (Å²) in [5.74, 6) is 1.34. The van der Waals surface area contributed by atoms with Gasteiger partial charge in [0.05, 0.1) is 0 Å². The highest BCUT2D eigenvalue weighted by Gasteiger charge is 2.25. The van der Waals surface area contributed by atoms with E-state index in [1.165, 1.54) is 6.07 Å². The van der Waals surface area contributed by atoms with Gasteiger partial charge >= 0.3 is 6.03 Å². The zero-order valence-corrected chi connectivity index (χ0v) is 19.4. The average molecular weight is 448 g/mol. The van der Waals surface area contributed by atoms with Crippen molar-refractivity contribution in [2.24, 2.45) is 0 Å². The molecule has 0 bridgehead atoms. The van der Waals surface area contributed by atoms with Crippen molar-refractivity contribution in [1.82, 2.24) is 14.9 Å². The predicted molar refractivity (Wildman–Crippen MR) is 129 cm³/mol. The minimum Gasteiger partial charge on any atom is -0.353 e. The highest BCUT2D eigenvalue weighted by atomic mass is 19.1. The Bertz CT molecular complexity index is 1140. The molecule has 33 heavy (non-hydrogen) atoms. The first-order valence-corrected chi connectivity index (χ1v) is 11.4. The van der Waals surface area contributed by atoms with Crippen LogP contribution in [-0.4, -0.2) is 47.1 Å². The summed E-state index contributed by atoms with van der Waals surface area (Å²) in [5, 5.41) is 3.06. The lowest BCUT2D eigenvalue weighted by molar-refractivity contribution is 0.208. The fourth-order valence-electron chi connectivity index (χ4n) is 4.30. The molecule has 2 amide bonds. The number of urea groups is 1. The van der Waals surface area contributed by atoms with Crippen LogP contribution in [-0.2, 0) is 12.8 Å². The molecule has 0 unspecified atom stereocenters. The largest absolute Gasteiger partial charge is 0.353 e. The molecule has 2 heterocycles. The summed E-state index contributed by atoms with van der Waals surface area (Å²) >= 11 is 0. The van der Waals surface area contributed by atoms with Crippen molar-refractivity contribution in [2.45, 2.75) is 33.6 Å². The third kappa shape index (κ3) is 5.30. The lowest BCUT2D eigenvalue weighted by atomic mass is 10.0. The van der Waals surface area contributed by atoms with Gasteiger partial charge in [0.1, 0.15) is 17.5 Å². The summed E-state index contributed by atoms with van der Waals surface area (Å²) in [6.45, 7) is 8.49. The number of carbonyl (C=O) groups is 1. The molecule has 1 N–H and O–H groups in total. The van der Waals surface area contributed by atoms with E-state index in [2.05, 4.69) is 22.1 Å². The summed E-state index contributed by atoms with van der Waals surface area (Å²) in [6.07, 6.45) is 1.43. The van der Waals surface area contributed by atoms with Gasteiger partial charge in [-0.1, -0.05) is 37.3 Å². The first kappa shape index (κ1) is 22.7. The Morgan fingerprint density at radius 2 is 1.79 bits per heavy atom. The molecular weight excluding hydrogens is 417 g/mol. The van der Waals surface area contributed by atoms with Gasteiger partial charge in [0.2, 0.25) is 0 Å². The van der Waals surface area contributed by atoms with Gasteiger partial charge in [0, 0.05) is 49.5 Å². The highest BCUT2D eigenvalue weighted by molar-refractivity contribution is 5.90. The number of benzene rings is 2. The molecule has 1 aliphatic heterocycles. The smallest absolute Gasteiger partial charge is 0.321 e. The molecule has 172 valence electrons. The number of amides is 2. The van der Waals surface area contributed by atoms with Gasteiger partial charge in [-0.2, -0.15) is 0 Å². The van der Waals surface area contributed by atoms with Gasteiger partial charge in [0.25, 0.3) is 0 Å². The van der Waals surface area contributed by atoms with Crippen molar-refractivity contribution < 1.29 is 9.18 Å². The van der Waals surface area contributed by atoms with E-state index in [1.54, 1.807) is 12.1 Å². The second kappa shape index (κ2) is 9.98. The SMILES string of the molecule is CCc1ccccc1NC(=O)N1CCN(c2nc(C)nc(C)c2Cc2cccc(F)c2)CC1. The van der Waals surface area contributed by atoms with Gasteiger partial charge in [-0.15, -0.1) is 0 Å². The molecule has 6 nitrogen and oxygen atoms in total. The van der Waals surface area contributed by atoms with Crippen molar-refractivity contribution >= 4 is 17.5 Å². The maximum Gasteiger partial charge on any atom is 0.321 e. The molecule has 1 aliphatic rings. The van der Waals surface area contributed by atoms with Gasteiger partial charge < -0.3 is 15.1 Å². The van der Waals surface area contributed by atoms with Crippen LogP contribution in [0.25, 0.3) is 0 Å². The van der Waals surface area contributed by atoms with Crippen LogP contribution in [0.1, 0.15) is 35.1 Å². The highest BCUT2D eigenvalue weighted by Crippen LogP contribution is 2.26. The molecule has 7 heteroatoms. The van der Waals surface area contributed by atoms with E-state index in [9.17, 15) is 9.18 Å². The van der Waals surface area contributed by atoms with Crippen LogP contribution >= 0.6 is 0 Å². The molecule has 1 saturated heterocycles. The van der Waals surface area contributed by atoms with Crippen LogP contribution in [0.4, 0.5) is 20.7 Å². The van der Waals surface area contributed by atoms with Crippen LogP contribution in [0.5, 0.6) is 0 Å². The lowest BCUT2D eigenvalue weighted by Gasteiger charge is -2.36. The molecule has 3 aromatic rings. The number of aromatic nitrogens is 2. The molecular formula is C26H30FN5O. The minimum atomic E-state index is -0.246. The summed E-state index contributed by atoms with van der Waals surface area (Å²) in [6, 6.07) is 14.5. The summed E-state index contributed by atoms with van der Waals surface area (Å²) in [4.78, 5) is 26.2. The van der Waals surface area contributed by atoms with Crippen molar-refractivity contribution in [3.8, 4) is 0 Å². The monoisotopic (exact) mass is 447 g/mol. The Hall–Kier alpha value is -3.48. The Morgan fingerprint density at radius 1 is 1.03 bits per heavy atom. The number of nitrogens with one attached hydrogen (secondary N) is 1. The molecule has 1 fully saturated rings. The fraction of sp³-hybridized carbons (Fsp3) is 0.346. The molecule has 1 aromatic heterocycles. The molecule has 0 radical (unpaired) electrons. The predicted octanol–water partition coefficient (Wildman–Crippen LogP) is 4.74. The van der Waals surface area contributed by atoms with E-state index in [1.807, 2.05) is 49.1 Å². The summed E-state index contributed by atoms with van der Waals surface area (Å²) in [7, 11) is 0. The zero-order chi connectivity index (χ0) is 23.4. The molecule has 2 aromatic carbocycles. The van der Waals surface area contributed by atoms with Gasteiger partial charge in [-0.25, -0.2) is 19.2 Å². The Morgan fingerprint density at radius 3 is 2.52 bits per heavy atom. The number of para-hydroxylation sites is 1. The van der Waals surface area contributed by atoms with E-state index in [4.69, 9.17) is 4.98 Å². The third-order valence-electron chi connectivity index (χ3n) is 6.08. The number of hydrogen-bond acceptors (Lipinski definition) is 4.